The molecule has 0 fully saturated rings. The van der Waals surface area contributed by atoms with Gasteiger partial charge >= 0.3 is 11.9 Å². The molecule has 0 aliphatic heterocycles. The SMILES string of the molecule is C=C(C)C(=O)O.C=CC(=O)OC(Oc1cccc2ccccc12)C(C)O. The van der Waals surface area contributed by atoms with E-state index in [0.29, 0.717) is 5.75 Å². The van der Waals surface area contributed by atoms with Crippen molar-refractivity contribution in [3.05, 3.63) is 67.3 Å². The number of hydrogen-bond donors (Lipinski definition) is 2. The molecule has 0 aliphatic carbocycles. The van der Waals surface area contributed by atoms with E-state index in [0.717, 1.165) is 16.8 Å². The fraction of sp³-hybridized carbons (Fsp3) is 0.200. The van der Waals surface area contributed by atoms with Crippen LogP contribution in [0.3, 0.4) is 0 Å². The quantitative estimate of drug-likeness (QED) is 0.467. The van der Waals surface area contributed by atoms with Crippen LogP contribution in [-0.2, 0) is 14.3 Å². The molecule has 0 saturated heterocycles. The maximum Gasteiger partial charge on any atom is 0.333 e. The average molecular weight is 358 g/mol. The molecule has 2 aromatic rings. The molecule has 0 aliphatic rings. The lowest BCUT2D eigenvalue weighted by atomic mass is 10.1. The Kier molecular flexibility index (Phi) is 8.05. The maximum atomic E-state index is 11.2. The minimum atomic E-state index is -1.08. The largest absolute Gasteiger partial charge is 0.478 e. The predicted molar refractivity (Wildman–Crippen MR) is 98.8 cm³/mol. The summed E-state index contributed by atoms with van der Waals surface area (Å²) in [7, 11) is 0. The molecule has 0 radical (unpaired) electrons. The standard InChI is InChI=1S/C16H16O4.C4H6O2/c1-3-15(18)20-16(11(2)17)19-14-10-6-8-12-7-4-5-9-13(12)14;1-3(2)4(5)6/h3-11,16-17H,1H2,2H3;1H2,2H3,(H,5,6). The molecule has 0 aromatic heterocycles. The second kappa shape index (κ2) is 10.0. The molecule has 0 saturated carbocycles. The highest BCUT2D eigenvalue weighted by atomic mass is 16.7. The van der Waals surface area contributed by atoms with E-state index in [1.54, 1.807) is 6.07 Å². The lowest BCUT2D eigenvalue weighted by molar-refractivity contribution is -0.171. The van der Waals surface area contributed by atoms with Gasteiger partial charge in [-0.05, 0) is 25.3 Å². The van der Waals surface area contributed by atoms with Crippen LogP contribution < -0.4 is 4.74 Å². The Hall–Kier alpha value is -3.12. The van der Waals surface area contributed by atoms with E-state index in [-0.39, 0.29) is 5.57 Å². The van der Waals surface area contributed by atoms with E-state index in [1.807, 2.05) is 36.4 Å². The Morgan fingerprint density at radius 2 is 1.73 bits per heavy atom. The number of benzene rings is 2. The second-order valence-electron chi connectivity index (χ2n) is 5.43. The van der Waals surface area contributed by atoms with Gasteiger partial charge in [0.25, 0.3) is 6.29 Å². The Morgan fingerprint density at radius 1 is 1.15 bits per heavy atom. The van der Waals surface area contributed by atoms with Crippen molar-refractivity contribution in [2.75, 3.05) is 0 Å². The minimum absolute atomic E-state index is 0.176. The van der Waals surface area contributed by atoms with Crippen LogP contribution in [0.15, 0.2) is 67.3 Å². The van der Waals surface area contributed by atoms with Crippen LogP contribution in [-0.4, -0.2) is 34.5 Å². The van der Waals surface area contributed by atoms with E-state index < -0.39 is 24.3 Å². The number of esters is 1. The third kappa shape index (κ3) is 6.41. The molecule has 0 heterocycles. The molecule has 0 amide bonds. The summed E-state index contributed by atoms with van der Waals surface area (Å²) in [6.07, 6.45) is -1.01. The average Bonchev–Trinajstić information content (AvgIpc) is 2.61. The lowest BCUT2D eigenvalue weighted by Gasteiger charge is -2.21. The third-order valence-electron chi connectivity index (χ3n) is 3.15. The van der Waals surface area contributed by atoms with Gasteiger partial charge in [-0.3, -0.25) is 0 Å². The molecule has 2 aromatic carbocycles. The molecular weight excluding hydrogens is 336 g/mol. The number of rotatable bonds is 6. The Labute approximate surface area is 152 Å². The number of carbonyl (C=O) groups is 2. The van der Waals surface area contributed by atoms with Gasteiger partial charge in [-0.15, -0.1) is 0 Å². The number of carbonyl (C=O) groups excluding carboxylic acids is 1. The number of ether oxygens (including phenoxy) is 2. The summed E-state index contributed by atoms with van der Waals surface area (Å²) >= 11 is 0. The van der Waals surface area contributed by atoms with Crippen LogP contribution in [0.2, 0.25) is 0 Å². The van der Waals surface area contributed by atoms with Gasteiger partial charge in [0.1, 0.15) is 11.9 Å². The van der Waals surface area contributed by atoms with Crippen LogP contribution in [0.5, 0.6) is 5.75 Å². The molecule has 2 unspecified atom stereocenters. The number of carboxylic acid groups (broad SMARTS) is 1. The number of aliphatic hydroxyl groups excluding tert-OH is 1. The zero-order valence-corrected chi connectivity index (χ0v) is 14.7. The van der Waals surface area contributed by atoms with Crippen molar-refractivity contribution in [3.63, 3.8) is 0 Å². The van der Waals surface area contributed by atoms with Crippen molar-refractivity contribution in [2.45, 2.75) is 26.2 Å². The fourth-order valence-electron chi connectivity index (χ4n) is 1.81. The lowest BCUT2D eigenvalue weighted by Crippen LogP contribution is -2.34. The highest BCUT2D eigenvalue weighted by Crippen LogP contribution is 2.26. The first-order valence-corrected chi connectivity index (χ1v) is 7.80. The van der Waals surface area contributed by atoms with Crippen molar-refractivity contribution in [2.24, 2.45) is 0 Å². The van der Waals surface area contributed by atoms with E-state index in [4.69, 9.17) is 14.6 Å². The molecule has 0 bridgehead atoms. The minimum Gasteiger partial charge on any atom is -0.478 e. The highest BCUT2D eigenvalue weighted by molar-refractivity contribution is 5.88. The summed E-state index contributed by atoms with van der Waals surface area (Å²) in [6, 6.07) is 13.2. The van der Waals surface area contributed by atoms with Gasteiger partial charge in [0.2, 0.25) is 0 Å². The summed E-state index contributed by atoms with van der Waals surface area (Å²) in [5.74, 6) is -1.03. The number of aliphatic carboxylic acids is 1. The Balaban J connectivity index is 0.000000487. The Bertz CT molecular complexity index is 776. The van der Waals surface area contributed by atoms with Crippen LogP contribution >= 0.6 is 0 Å². The molecular formula is C20H22O6. The topological polar surface area (TPSA) is 93.1 Å². The zero-order valence-electron chi connectivity index (χ0n) is 14.7. The fourth-order valence-corrected chi connectivity index (χ4v) is 1.81. The van der Waals surface area contributed by atoms with E-state index >= 15 is 0 Å². The summed E-state index contributed by atoms with van der Waals surface area (Å²) < 4.78 is 10.6. The maximum absolute atomic E-state index is 11.2. The number of hydrogen-bond acceptors (Lipinski definition) is 5. The van der Waals surface area contributed by atoms with Crippen molar-refractivity contribution < 1.29 is 29.3 Å². The van der Waals surface area contributed by atoms with Crippen molar-refractivity contribution >= 4 is 22.7 Å². The third-order valence-corrected chi connectivity index (χ3v) is 3.15. The number of carboxylic acids is 1. The van der Waals surface area contributed by atoms with Crippen LogP contribution in [0.1, 0.15) is 13.8 Å². The summed E-state index contributed by atoms with van der Waals surface area (Å²) in [6.45, 7) is 9.41. The second-order valence-corrected chi connectivity index (χ2v) is 5.43. The van der Waals surface area contributed by atoms with Gasteiger partial charge in [-0.25, -0.2) is 9.59 Å². The van der Waals surface area contributed by atoms with E-state index in [9.17, 15) is 14.7 Å². The Morgan fingerprint density at radius 3 is 2.27 bits per heavy atom. The van der Waals surface area contributed by atoms with Crippen LogP contribution in [0.25, 0.3) is 10.8 Å². The first-order valence-electron chi connectivity index (χ1n) is 7.80. The normalized spacial score (nSPS) is 12.1. The van der Waals surface area contributed by atoms with E-state index in [1.165, 1.54) is 13.8 Å². The smallest absolute Gasteiger partial charge is 0.333 e. The van der Waals surface area contributed by atoms with Gasteiger partial charge in [0.15, 0.2) is 0 Å². The van der Waals surface area contributed by atoms with Gasteiger partial charge in [0, 0.05) is 17.0 Å². The number of fused-ring (bicyclic) bond motifs is 1. The summed E-state index contributed by atoms with van der Waals surface area (Å²) in [5.41, 5.74) is 0.176. The molecule has 138 valence electrons. The first-order chi connectivity index (χ1) is 12.3. The first kappa shape index (κ1) is 20.9. The van der Waals surface area contributed by atoms with Gasteiger partial charge in [-0.2, -0.15) is 0 Å². The molecule has 2 N–H and O–H groups in total. The molecule has 6 heteroatoms. The summed E-state index contributed by atoms with van der Waals surface area (Å²) in [5, 5.41) is 19.4. The monoisotopic (exact) mass is 358 g/mol. The van der Waals surface area contributed by atoms with Crippen LogP contribution in [0.4, 0.5) is 0 Å². The molecule has 2 rings (SSSR count). The predicted octanol–water partition coefficient (Wildman–Crippen LogP) is 3.30. The van der Waals surface area contributed by atoms with Gasteiger partial charge in [-0.1, -0.05) is 49.6 Å². The molecule has 2 atom stereocenters. The molecule has 6 nitrogen and oxygen atoms in total. The zero-order chi connectivity index (χ0) is 19.7. The van der Waals surface area contributed by atoms with Crippen molar-refractivity contribution in [3.8, 4) is 5.75 Å². The van der Waals surface area contributed by atoms with Crippen molar-refractivity contribution in [1.82, 2.24) is 0 Å². The molecule has 26 heavy (non-hydrogen) atoms. The van der Waals surface area contributed by atoms with Gasteiger partial charge < -0.3 is 19.7 Å². The summed E-state index contributed by atoms with van der Waals surface area (Å²) in [4.78, 5) is 20.8. The van der Waals surface area contributed by atoms with Gasteiger partial charge in [0.05, 0.1) is 0 Å². The van der Waals surface area contributed by atoms with Crippen LogP contribution in [0, 0.1) is 0 Å². The molecule has 0 spiro atoms. The highest BCUT2D eigenvalue weighted by Gasteiger charge is 2.21. The van der Waals surface area contributed by atoms with Crippen molar-refractivity contribution in [1.29, 1.82) is 0 Å². The van der Waals surface area contributed by atoms with E-state index in [2.05, 4.69) is 13.2 Å². The number of aliphatic hydroxyl groups is 1.